The smallest absolute Gasteiger partial charge is 0.397 e. The first kappa shape index (κ1) is 15.7. The van der Waals surface area contributed by atoms with Gasteiger partial charge in [-0.1, -0.05) is 19.4 Å². The van der Waals surface area contributed by atoms with E-state index in [0.717, 1.165) is 12.1 Å². The summed E-state index contributed by atoms with van der Waals surface area (Å²) in [4.78, 5) is 0. The molecule has 0 spiro atoms. The average molecular weight is 282 g/mol. The number of halogens is 5. The maximum atomic E-state index is 13.7. The number of alkyl halides is 4. The second-order valence-electron chi connectivity index (χ2n) is 4.25. The lowest BCUT2D eigenvalue weighted by molar-refractivity contribution is -0.182. The molecule has 0 heterocycles. The lowest BCUT2D eigenvalue weighted by Gasteiger charge is -2.19. The number of unbranched alkanes of at least 4 members (excludes halogenated alkanes) is 1. The van der Waals surface area contributed by atoms with Crippen molar-refractivity contribution in [3.05, 3.63) is 29.1 Å². The maximum absolute atomic E-state index is 13.7. The normalized spacial score (nSPS) is 12.0. The van der Waals surface area contributed by atoms with Crippen LogP contribution in [0.25, 0.3) is 0 Å². The largest absolute Gasteiger partial charge is 0.429 e. The van der Waals surface area contributed by atoms with E-state index in [1.165, 1.54) is 6.92 Å². The van der Waals surface area contributed by atoms with Crippen LogP contribution in [0.1, 0.15) is 43.7 Å². The maximum Gasteiger partial charge on any atom is 0.397 e. The van der Waals surface area contributed by atoms with E-state index in [1.807, 2.05) is 0 Å². The SMILES string of the molecule is CCCCC(F)(F)Oc1ccc(C)c(C(F)F)c1F. The van der Waals surface area contributed by atoms with E-state index in [0.29, 0.717) is 6.42 Å². The molecule has 0 aliphatic rings. The van der Waals surface area contributed by atoms with Gasteiger partial charge in [-0.25, -0.2) is 13.2 Å². The van der Waals surface area contributed by atoms with Crippen LogP contribution in [0.4, 0.5) is 22.0 Å². The Kier molecular flexibility index (Phi) is 5.14. The number of aryl methyl sites for hydroxylation is 1. The standard InChI is InChI=1S/C13H15F5O/c1-3-4-7-13(17,18)19-9-6-5-8(2)10(11(9)14)12(15)16/h5-6,12H,3-4,7H2,1-2H3. The van der Waals surface area contributed by atoms with Crippen molar-refractivity contribution in [3.63, 3.8) is 0 Å². The van der Waals surface area contributed by atoms with Gasteiger partial charge in [-0.2, -0.15) is 8.78 Å². The lowest BCUT2D eigenvalue weighted by atomic mass is 10.1. The van der Waals surface area contributed by atoms with Gasteiger partial charge in [0.05, 0.1) is 12.0 Å². The van der Waals surface area contributed by atoms with Gasteiger partial charge in [-0.05, 0) is 25.0 Å². The highest BCUT2D eigenvalue weighted by molar-refractivity contribution is 5.37. The van der Waals surface area contributed by atoms with Crippen molar-refractivity contribution in [1.82, 2.24) is 0 Å². The molecule has 0 fully saturated rings. The molecule has 0 saturated carbocycles. The van der Waals surface area contributed by atoms with E-state index in [4.69, 9.17) is 0 Å². The summed E-state index contributed by atoms with van der Waals surface area (Å²) >= 11 is 0. The Hall–Kier alpha value is -1.33. The lowest BCUT2D eigenvalue weighted by Crippen LogP contribution is -2.25. The Morgan fingerprint density at radius 1 is 1.26 bits per heavy atom. The molecule has 1 nitrogen and oxygen atoms in total. The highest BCUT2D eigenvalue weighted by Crippen LogP contribution is 2.34. The molecule has 1 aromatic carbocycles. The Morgan fingerprint density at radius 2 is 1.89 bits per heavy atom. The molecule has 0 bridgehead atoms. The molecule has 0 saturated heterocycles. The summed E-state index contributed by atoms with van der Waals surface area (Å²) < 4.78 is 69.8. The van der Waals surface area contributed by atoms with Crippen LogP contribution in [0, 0.1) is 12.7 Å². The molecule has 0 unspecified atom stereocenters. The van der Waals surface area contributed by atoms with Gasteiger partial charge in [-0.3, -0.25) is 0 Å². The monoisotopic (exact) mass is 282 g/mol. The summed E-state index contributed by atoms with van der Waals surface area (Å²) in [7, 11) is 0. The Balaban J connectivity index is 2.99. The first-order valence-corrected chi connectivity index (χ1v) is 5.92. The van der Waals surface area contributed by atoms with Gasteiger partial charge in [-0.15, -0.1) is 0 Å². The molecular formula is C13H15F5O. The third-order valence-corrected chi connectivity index (χ3v) is 2.66. The quantitative estimate of drug-likeness (QED) is 0.649. The topological polar surface area (TPSA) is 9.23 Å². The summed E-state index contributed by atoms with van der Waals surface area (Å²) in [5.74, 6) is -2.27. The van der Waals surface area contributed by atoms with E-state index >= 15 is 0 Å². The fourth-order valence-corrected chi connectivity index (χ4v) is 1.61. The van der Waals surface area contributed by atoms with Crippen LogP contribution in [0.2, 0.25) is 0 Å². The van der Waals surface area contributed by atoms with E-state index in [1.54, 1.807) is 6.92 Å². The van der Waals surface area contributed by atoms with Crippen LogP contribution < -0.4 is 4.74 Å². The minimum absolute atomic E-state index is 0.00303. The number of hydrogen-bond donors (Lipinski definition) is 0. The predicted octanol–water partition coefficient (Wildman–Crippen LogP) is 5.23. The van der Waals surface area contributed by atoms with E-state index in [2.05, 4.69) is 4.74 Å². The molecule has 1 rings (SSSR count). The highest BCUT2D eigenvalue weighted by Gasteiger charge is 2.33. The van der Waals surface area contributed by atoms with Crippen LogP contribution in [0.15, 0.2) is 12.1 Å². The summed E-state index contributed by atoms with van der Waals surface area (Å²) in [6.07, 6.45) is -6.50. The number of hydrogen-bond acceptors (Lipinski definition) is 1. The zero-order valence-corrected chi connectivity index (χ0v) is 10.7. The van der Waals surface area contributed by atoms with Crippen LogP contribution >= 0.6 is 0 Å². The third kappa shape index (κ3) is 4.08. The molecule has 0 atom stereocenters. The Bertz CT molecular complexity index is 431. The third-order valence-electron chi connectivity index (χ3n) is 2.66. The Labute approximate surface area is 108 Å². The van der Waals surface area contributed by atoms with E-state index in [9.17, 15) is 22.0 Å². The van der Waals surface area contributed by atoms with Gasteiger partial charge < -0.3 is 4.74 Å². The second-order valence-corrected chi connectivity index (χ2v) is 4.25. The number of benzene rings is 1. The molecule has 108 valence electrons. The Morgan fingerprint density at radius 3 is 2.42 bits per heavy atom. The summed E-state index contributed by atoms with van der Waals surface area (Å²) in [5.41, 5.74) is -0.902. The number of rotatable bonds is 6. The molecule has 0 aliphatic carbocycles. The van der Waals surface area contributed by atoms with Gasteiger partial charge >= 0.3 is 6.11 Å². The molecule has 0 radical (unpaired) electrons. The fraction of sp³-hybridized carbons (Fsp3) is 0.538. The first-order chi connectivity index (χ1) is 8.78. The van der Waals surface area contributed by atoms with Crippen molar-refractivity contribution < 1.29 is 26.7 Å². The molecule has 1 aromatic rings. The van der Waals surface area contributed by atoms with Gasteiger partial charge in [0.1, 0.15) is 0 Å². The van der Waals surface area contributed by atoms with Crippen LogP contribution in [0.3, 0.4) is 0 Å². The minimum atomic E-state index is -3.56. The van der Waals surface area contributed by atoms with Gasteiger partial charge in [0.15, 0.2) is 11.6 Å². The van der Waals surface area contributed by atoms with Crippen LogP contribution in [0.5, 0.6) is 5.75 Å². The van der Waals surface area contributed by atoms with Crippen LogP contribution in [-0.4, -0.2) is 6.11 Å². The van der Waals surface area contributed by atoms with Gasteiger partial charge in [0, 0.05) is 0 Å². The number of ether oxygens (including phenoxy) is 1. The molecular weight excluding hydrogens is 267 g/mol. The summed E-state index contributed by atoms with van der Waals surface area (Å²) in [5, 5.41) is 0. The molecule has 0 aromatic heterocycles. The van der Waals surface area contributed by atoms with E-state index < -0.39 is 36.1 Å². The molecule has 0 amide bonds. The van der Waals surface area contributed by atoms with E-state index in [-0.39, 0.29) is 12.0 Å². The van der Waals surface area contributed by atoms with Crippen molar-refractivity contribution in [2.45, 2.75) is 45.6 Å². The van der Waals surface area contributed by atoms with Crippen LogP contribution in [-0.2, 0) is 0 Å². The van der Waals surface area contributed by atoms with Crippen molar-refractivity contribution in [1.29, 1.82) is 0 Å². The minimum Gasteiger partial charge on any atom is -0.429 e. The predicted molar refractivity (Wildman–Crippen MR) is 61.2 cm³/mol. The van der Waals surface area contributed by atoms with Crippen molar-refractivity contribution >= 4 is 0 Å². The molecule has 0 aliphatic heterocycles. The zero-order valence-electron chi connectivity index (χ0n) is 10.7. The highest BCUT2D eigenvalue weighted by atomic mass is 19.3. The van der Waals surface area contributed by atoms with Gasteiger partial charge in [0.2, 0.25) is 0 Å². The summed E-state index contributed by atoms with van der Waals surface area (Å²) in [6.45, 7) is 3.00. The zero-order chi connectivity index (χ0) is 14.6. The summed E-state index contributed by atoms with van der Waals surface area (Å²) in [6, 6.07) is 2.08. The molecule has 19 heavy (non-hydrogen) atoms. The van der Waals surface area contributed by atoms with Crippen molar-refractivity contribution in [2.24, 2.45) is 0 Å². The second kappa shape index (κ2) is 6.21. The molecule has 6 heteroatoms. The van der Waals surface area contributed by atoms with Crippen molar-refractivity contribution in [3.8, 4) is 5.75 Å². The first-order valence-electron chi connectivity index (χ1n) is 5.92. The van der Waals surface area contributed by atoms with Crippen molar-refractivity contribution in [2.75, 3.05) is 0 Å². The molecule has 0 N–H and O–H groups in total. The van der Waals surface area contributed by atoms with Gasteiger partial charge in [0.25, 0.3) is 6.43 Å². The fourth-order valence-electron chi connectivity index (χ4n) is 1.61. The average Bonchev–Trinajstić information content (AvgIpc) is 2.30.